The lowest BCUT2D eigenvalue weighted by molar-refractivity contribution is 0.507. The summed E-state index contributed by atoms with van der Waals surface area (Å²) in [5.74, 6) is -0.867. The quantitative estimate of drug-likeness (QED) is 0.711. The van der Waals surface area contributed by atoms with E-state index >= 15 is 0 Å². The molecule has 1 aromatic heterocycles. The van der Waals surface area contributed by atoms with Gasteiger partial charge in [-0.15, -0.1) is 11.6 Å². The minimum absolute atomic E-state index is 0.202. The van der Waals surface area contributed by atoms with Gasteiger partial charge in [-0.1, -0.05) is 6.07 Å². The maximum absolute atomic E-state index is 13.3. The molecule has 0 saturated heterocycles. The van der Waals surface area contributed by atoms with Crippen LogP contribution in [0, 0.1) is 11.6 Å². The van der Waals surface area contributed by atoms with Crippen molar-refractivity contribution in [1.82, 2.24) is 0 Å². The molecule has 15 heavy (non-hydrogen) atoms. The first-order valence-electron chi connectivity index (χ1n) is 4.31. The van der Waals surface area contributed by atoms with E-state index in [0.29, 0.717) is 5.76 Å². The normalized spacial score (nSPS) is 12.7. The fourth-order valence-corrected chi connectivity index (χ4v) is 1.60. The van der Waals surface area contributed by atoms with Crippen molar-refractivity contribution < 1.29 is 13.2 Å². The SMILES string of the molecule is Fc1ccc(C(Cl)c2ccco2)c(F)c1. The van der Waals surface area contributed by atoms with Crippen molar-refractivity contribution in [3.05, 3.63) is 59.6 Å². The summed E-state index contributed by atoms with van der Waals surface area (Å²) in [6, 6.07) is 6.57. The molecule has 1 nitrogen and oxygen atoms in total. The first-order chi connectivity index (χ1) is 7.18. The molecule has 0 aliphatic heterocycles. The maximum Gasteiger partial charge on any atom is 0.131 e. The second kappa shape index (κ2) is 4.03. The predicted octanol–water partition coefficient (Wildman–Crippen LogP) is 3.89. The van der Waals surface area contributed by atoms with Gasteiger partial charge in [0.05, 0.1) is 6.26 Å². The molecule has 1 aromatic carbocycles. The highest BCUT2D eigenvalue weighted by atomic mass is 35.5. The van der Waals surface area contributed by atoms with Crippen molar-refractivity contribution in [2.24, 2.45) is 0 Å². The van der Waals surface area contributed by atoms with E-state index in [2.05, 4.69) is 0 Å². The highest BCUT2D eigenvalue weighted by molar-refractivity contribution is 6.22. The summed E-state index contributed by atoms with van der Waals surface area (Å²) in [5.41, 5.74) is 0.202. The van der Waals surface area contributed by atoms with Crippen molar-refractivity contribution >= 4 is 11.6 Å². The number of hydrogen-bond donors (Lipinski definition) is 0. The van der Waals surface area contributed by atoms with Crippen LogP contribution in [0.3, 0.4) is 0 Å². The average Bonchev–Trinajstić information content (AvgIpc) is 2.69. The molecule has 78 valence electrons. The van der Waals surface area contributed by atoms with Gasteiger partial charge in [0.2, 0.25) is 0 Å². The second-order valence-electron chi connectivity index (χ2n) is 3.04. The van der Waals surface area contributed by atoms with Gasteiger partial charge in [-0.2, -0.15) is 0 Å². The van der Waals surface area contributed by atoms with Crippen LogP contribution in [0.1, 0.15) is 16.7 Å². The summed E-state index contributed by atoms with van der Waals surface area (Å²) in [5, 5.41) is -0.736. The van der Waals surface area contributed by atoms with Gasteiger partial charge < -0.3 is 4.42 Å². The fraction of sp³-hybridized carbons (Fsp3) is 0.0909. The van der Waals surface area contributed by atoms with Crippen molar-refractivity contribution in [3.8, 4) is 0 Å². The predicted molar refractivity (Wildman–Crippen MR) is 52.8 cm³/mol. The minimum atomic E-state index is -0.736. The molecule has 1 heterocycles. The van der Waals surface area contributed by atoms with Gasteiger partial charge in [-0.25, -0.2) is 8.78 Å². The van der Waals surface area contributed by atoms with Crippen LogP contribution in [0.2, 0.25) is 0 Å². The average molecular weight is 229 g/mol. The molecule has 0 radical (unpaired) electrons. The van der Waals surface area contributed by atoms with Gasteiger partial charge >= 0.3 is 0 Å². The Balaban J connectivity index is 2.38. The molecule has 0 saturated carbocycles. The zero-order valence-corrected chi connectivity index (χ0v) is 8.34. The lowest BCUT2D eigenvalue weighted by Gasteiger charge is -2.07. The third kappa shape index (κ3) is 2.02. The van der Waals surface area contributed by atoms with E-state index in [0.717, 1.165) is 12.1 Å². The van der Waals surface area contributed by atoms with Crippen LogP contribution in [0.25, 0.3) is 0 Å². The van der Waals surface area contributed by atoms with Crippen LogP contribution in [0.15, 0.2) is 41.0 Å². The standard InChI is InChI=1S/C11H7ClF2O/c12-11(10-2-1-5-15-10)8-4-3-7(13)6-9(8)14/h1-6,11H. The van der Waals surface area contributed by atoms with Gasteiger partial charge in [0.15, 0.2) is 0 Å². The molecule has 0 fully saturated rings. The number of benzene rings is 1. The molecule has 0 amide bonds. The Kier molecular flexibility index (Phi) is 2.73. The summed E-state index contributed by atoms with van der Waals surface area (Å²) >= 11 is 5.97. The van der Waals surface area contributed by atoms with Crippen LogP contribution in [-0.4, -0.2) is 0 Å². The van der Waals surface area contributed by atoms with E-state index in [1.807, 2.05) is 0 Å². The summed E-state index contributed by atoms with van der Waals surface area (Å²) in [4.78, 5) is 0. The lowest BCUT2D eigenvalue weighted by atomic mass is 10.1. The smallest absolute Gasteiger partial charge is 0.131 e. The molecule has 4 heteroatoms. The van der Waals surface area contributed by atoms with Gasteiger partial charge in [0.25, 0.3) is 0 Å². The zero-order valence-electron chi connectivity index (χ0n) is 7.58. The van der Waals surface area contributed by atoms with Gasteiger partial charge in [-0.05, 0) is 18.2 Å². The number of furan rings is 1. The zero-order chi connectivity index (χ0) is 10.8. The highest BCUT2D eigenvalue weighted by Crippen LogP contribution is 2.30. The van der Waals surface area contributed by atoms with E-state index in [1.165, 1.54) is 12.3 Å². The fourth-order valence-electron chi connectivity index (χ4n) is 1.30. The summed E-state index contributed by atoms with van der Waals surface area (Å²) in [6.45, 7) is 0. The first-order valence-corrected chi connectivity index (χ1v) is 4.74. The van der Waals surface area contributed by atoms with Crippen molar-refractivity contribution in [2.45, 2.75) is 5.38 Å². The van der Waals surface area contributed by atoms with E-state index in [9.17, 15) is 8.78 Å². The van der Waals surface area contributed by atoms with Crippen LogP contribution < -0.4 is 0 Å². The topological polar surface area (TPSA) is 13.1 Å². The summed E-state index contributed by atoms with van der Waals surface area (Å²) in [7, 11) is 0. The molecule has 2 rings (SSSR count). The Hall–Kier alpha value is -1.35. The molecule has 1 atom stereocenters. The van der Waals surface area contributed by atoms with E-state index < -0.39 is 17.0 Å². The Morgan fingerprint density at radius 3 is 2.60 bits per heavy atom. The first kappa shape index (κ1) is 10.2. The highest BCUT2D eigenvalue weighted by Gasteiger charge is 2.17. The lowest BCUT2D eigenvalue weighted by Crippen LogP contribution is -1.96. The van der Waals surface area contributed by atoms with E-state index in [-0.39, 0.29) is 5.56 Å². The Morgan fingerprint density at radius 2 is 2.00 bits per heavy atom. The molecule has 2 aromatic rings. The Morgan fingerprint density at radius 1 is 1.20 bits per heavy atom. The third-order valence-corrected chi connectivity index (χ3v) is 2.48. The number of halogens is 3. The van der Waals surface area contributed by atoms with Gasteiger partial charge in [0, 0.05) is 11.6 Å². The molecule has 0 aliphatic rings. The van der Waals surface area contributed by atoms with Crippen molar-refractivity contribution in [1.29, 1.82) is 0 Å². The van der Waals surface area contributed by atoms with Crippen LogP contribution in [0.5, 0.6) is 0 Å². The van der Waals surface area contributed by atoms with Crippen LogP contribution >= 0.6 is 11.6 Å². The Bertz CT molecular complexity index is 454. The summed E-state index contributed by atoms with van der Waals surface area (Å²) in [6.07, 6.45) is 1.45. The number of rotatable bonds is 2. The molecule has 0 spiro atoms. The maximum atomic E-state index is 13.3. The minimum Gasteiger partial charge on any atom is -0.467 e. The monoisotopic (exact) mass is 228 g/mol. The van der Waals surface area contributed by atoms with Gasteiger partial charge in [0.1, 0.15) is 22.8 Å². The van der Waals surface area contributed by atoms with E-state index in [4.69, 9.17) is 16.0 Å². The number of hydrogen-bond acceptors (Lipinski definition) is 1. The molecule has 1 unspecified atom stereocenters. The van der Waals surface area contributed by atoms with Crippen molar-refractivity contribution in [3.63, 3.8) is 0 Å². The third-order valence-electron chi connectivity index (χ3n) is 2.03. The van der Waals surface area contributed by atoms with Gasteiger partial charge in [-0.3, -0.25) is 0 Å². The Labute approximate surface area is 90.3 Å². The molecule has 0 N–H and O–H groups in total. The van der Waals surface area contributed by atoms with Crippen LogP contribution in [-0.2, 0) is 0 Å². The van der Waals surface area contributed by atoms with Crippen molar-refractivity contribution in [2.75, 3.05) is 0 Å². The largest absolute Gasteiger partial charge is 0.467 e. The molecule has 0 bridgehead atoms. The summed E-state index contributed by atoms with van der Waals surface area (Å²) < 4.78 is 31.0. The number of alkyl halides is 1. The molecular weight excluding hydrogens is 222 g/mol. The van der Waals surface area contributed by atoms with E-state index in [1.54, 1.807) is 12.1 Å². The van der Waals surface area contributed by atoms with Crippen LogP contribution in [0.4, 0.5) is 8.78 Å². The second-order valence-corrected chi connectivity index (χ2v) is 3.48. The molecule has 0 aliphatic carbocycles. The molecular formula is C11H7ClF2O.